The van der Waals surface area contributed by atoms with Gasteiger partial charge in [-0.3, -0.25) is 4.79 Å². The average molecular weight is 275 g/mol. The maximum atomic E-state index is 11.1. The van der Waals surface area contributed by atoms with Crippen LogP contribution in [-0.4, -0.2) is 38.1 Å². The third kappa shape index (κ3) is 4.84. The first kappa shape index (κ1) is 14.8. The minimum atomic E-state index is -0.834. The summed E-state index contributed by atoms with van der Waals surface area (Å²) in [7, 11) is 0. The maximum Gasteiger partial charge on any atom is 0.319 e. The van der Waals surface area contributed by atoms with Crippen LogP contribution in [0.3, 0.4) is 0 Å². The Balaban J connectivity index is 2.53. The Morgan fingerprint density at radius 1 is 1.18 bits per heavy atom. The van der Waals surface area contributed by atoms with E-state index in [0.717, 1.165) is 30.3 Å². The predicted molar refractivity (Wildman–Crippen MR) is 76.6 cm³/mol. The Morgan fingerprint density at radius 3 is 2.12 bits per heavy atom. The predicted octanol–water partition coefficient (Wildman–Crippen LogP) is 3.13. The monoisotopic (exact) mass is 275 g/mol. The van der Waals surface area contributed by atoms with E-state index in [1.54, 1.807) is 13.8 Å². The van der Waals surface area contributed by atoms with Gasteiger partial charge in [-0.25, -0.2) is 0 Å². The van der Waals surface area contributed by atoms with Gasteiger partial charge >= 0.3 is 5.97 Å². The van der Waals surface area contributed by atoms with Gasteiger partial charge in [-0.1, -0.05) is 43.2 Å². The van der Waals surface area contributed by atoms with Crippen molar-refractivity contribution >= 4 is 34.3 Å². The number of carboxylic acids is 1. The molecule has 1 rings (SSSR count). The Hall–Kier alpha value is -0.290. The zero-order valence-electron chi connectivity index (χ0n) is 10.6. The van der Waals surface area contributed by atoms with Crippen LogP contribution in [0.5, 0.6) is 0 Å². The standard InChI is InChI=1S/C12H21NO2S2/c1-12(2,10(14)15)17-11(16)13-8-6-4-3-5-7-9-13/h3-9H2,1-2H3,(H,14,15). The molecule has 5 heteroatoms. The minimum Gasteiger partial charge on any atom is -0.480 e. The first-order valence-electron chi connectivity index (χ1n) is 6.15. The number of hydrogen-bond acceptors (Lipinski definition) is 3. The van der Waals surface area contributed by atoms with Crippen LogP contribution in [0.4, 0.5) is 0 Å². The summed E-state index contributed by atoms with van der Waals surface area (Å²) in [6.07, 6.45) is 6.15. The van der Waals surface area contributed by atoms with Gasteiger partial charge < -0.3 is 10.0 Å². The number of nitrogens with zero attached hydrogens (tertiary/aromatic N) is 1. The summed E-state index contributed by atoms with van der Waals surface area (Å²) in [4.78, 5) is 13.2. The van der Waals surface area contributed by atoms with Gasteiger partial charge in [0.15, 0.2) is 0 Å². The lowest BCUT2D eigenvalue weighted by molar-refractivity contribution is -0.138. The van der Waals surface area contributed by atoms with E-state index in [4.69, 9.17) is 17.3 Å². The second-order valence-corrected chi connectivity index (χ2v) is 7.19. The first-order chi connectivity index (χ1) is 7.93. The van der Waals surface area contributed by atoms with Crippen molar-refractivity contribution in [3.8, 4) is 0 Å². The molecular formula is C12H21NO2S2. The van der Waals surface area contributed by atoms with Crippen LogP contribution in [0.25, 0.3) is 0 Å². The molecule has 0 spiro atoms. The van der Waals surface area contributed by atoms with E-state index >= 15 is 0 Å². The lowest BCUT2D eigenvalue weighted by atomic mass is 10.1. The van der Waals surface area contributed by atoms with Crippen molar-refractivity contribution in [1.29, 1.82) is 0 Å². The maximum absolute atomic E-state index is 11.1. The molecule has 0 atom stereocenters. The van der Waals surface area contributed by atoms with Gasteiger partial charge in [0, 0.05) is 13.1 Å². The summed E-state index contributed by atoms with van der Waals surface area (Å²) >= 11 is 6.66. The van der Waals surface area contributed by atoms with Gasteiger partial charge in [0.2, 0.25) is 0 Å². The molecule has 1 fully saturated rings. The van der Waals surface area contributed by atoms with E-state index < -0.39 is 10.7 Å². The van der Waals surface area contributed by atoms with Crippen LogP contribution >= 0.6 is 24.0 Å². The van der Waals surface area contributed by atoms with Crippen molar-refractivity contribution in [2.75, 3.05) is 13.1 Å². The van der Waals surface area contributed by atoms with E-state index in [9.17, 15) is 4.79 Å². The number of hydrogen-bond donors (Lipinski definition) is 1. The topological polar surface area (TPSA) is 40.5 Å². The summed E-state index contributed by atoms with van der Waals surface area (Å²) in [6.45, 7) is 5.36. The highest BCUT2D eigenvalue weighted by Gasteiger charge is 2.31. The number of rotatable bonds is 2. The summed E-state index contributed by atoms with van der Waals surface area (Å²) in [5.41, 5.74) is 0. The normalized spacial score (nSPS) is 18.4. The smallest absolute Gasteiger partial charge is 0.319 e. The second kappa shape index (κ2) is 6.59. The summed E-state index contributed by atoms with van der Waals surface area (Å²) < 4.78 is -0.0984. The molecule has 17 heavy (non-hydrogen) atoms. The van der Waals surface area contributed by atoms with Crippen LogP contribution < -0.4 is 0 Å². The number of carboxylic acid groups (broad SMARTS) is 1. The fraction of sp³-hybridized carbons (Fsp3) is 0.833. The van der Waals surface area contributed by atoms with Crippen LogP contribution in [0.2, 0.25) is 0 Å². The zero-order valence-corrected chi connectivity index (χ0v) is 12.2. The van der Waals surface area contributed by atoms with Crippen molar-refractivity contribution < 1.29 is 9.90 Å². The Labute approximate surface area is 113 Å². The van der Waals surface area contributed by atoms with Crippen molar-refractivity contribution in [3.63, 3.8) is 0 Å². The molecule has 0 aromatic rings. The first-order valence-corrected chi connectivity index (χ1v) is 7.37. The number of carbonyl (C=O) groups is 1. The molecule has 1 N–H and O–H groups in total. The van der Waals surface area contributed by atoms with Gasteiger partial charge in [-0.15, -0.1) is 0 Å². The zero-order chi connectivity index (χ0) is 12.9. The number of likely N-dealkylation sites (tertiary alicyclic amines) is 1. The van der Waals surface area contributed by atoms with E-state index in [1.807, 2.05) is 0 Å². The fourth-order valence-corrected chi connectivity index (χ4v) is 3.40. The summed E-state index contributed by atoms with van der Waals surface area (Å²) in [6, 6.07) is 0. The highest BCUT2D eigenvalue weighted by molar-refractivity contribution is 8.24. The average Bonchev–Trinajstić information content (AvgIpc) is 2.15. The van der Waals surface area contributed by atoms with Crippen molar-refractivity contribution in [2.24, 2.45) is 0 Å². The molecule has 0 aromatic carbocycles. The van der Waals surface area contributed by atoms with E-state index in [0.29, 0.717) is 0 Å². The molecule has 98 valence electrons. The highest BCUT2D eigenvalue weighted by Crippen LogP contribution is 2.28. The molecule has 0 unspecified atom stereocenters. The number of thiocarbonyl (C=S) groups is 1. The minimum absolute atomic E-state index is 0.735. The lowest BCUT2D eigenvalue weighted by Gasteiger charge is -2.29. The molecule has 0 radical (unpaired) electrons. The Kier molecular flexibility index (Phi) is 5.73. The molecule has 1 aliphatic heterocycles. The SMILES string of the molecule is CC(C)(SC(=S)N1CCCCCCC1)C(=O)O. The molecule has 3 nitrogen and oxygen atoms in total. The fourth-order valence-electron chi connectivity index (χ4n) is 1.76. The molecule has 1 heterocycles. The molecular weight excluding hydrogens is 254 g/mol. The van der Waals surface area contributed by atoms with Gasteiger partial charge in [-0.05, 0) is 26.7 Å². The quantitative estimate of drug-likeness (QED) is 0.784. The van der Waals surface area contributed by atoms with Crippen LogP contribution in [0.15, 0.2) is 0 Å². The van der Waals surface area contributed by atoms with Gasteiger partial charge in [0.25, 0.3) is 0 Å². The molecule has 0 amide bonds. The van der Waals surface area contributed by atoms with E-state index in [2.05, 4.69) is 4.90 Å². The molecule has 0 saturated carbocycles. The largest absolute Gasteiger partial charge is 0.480 e. The molecule has 0 aliphatic carbocycles. The van der Waals surface area contributed by atoms with E-state index in [-0.39, 0.29) is 0 Å². The highest BCUT2D eigenvalue weighted by atomic mass is 32.2. The van der Waals surface area contributed by atoms with Crippen LogP contribution in [0, 0.1) is 0 Å². The third-order valence-corrected chi connectivity index (χ3v) is 4.60. The molecule has 0 bridgehead atoms. The van der Waals surface area contributed by atoms with Gasteiger partial charge in [0.1, 0.15) is 9.07 Å². The van der Waals surface area contributed by atoms with Gasteiger partial charge in [-0.2, -0.15) is 0 Å². The molecule has 0 aromatic heterocycles. The lowest BCUT2D eigenvalue weighted by Crippen LogP contribution is -2.36. The van der Waals surface area contributed by atoms with E-state index in [1.165, 1.54) is 31.0 Å². The summed E-state index contributed by atoms with van der Waals surface area (Å²) in [5, 5.41) is 9.09. The molecule has 1 saturated heterocycles. The van der Waals surface area contributed by atoms with Crippen molar-refractivity contribution in [2.45, 2.75) is 50.7 Å². The number of thioether (sulfide) groups is 1. The Morgan fingerprint density at radius 2 is 1.65 bits per heavy atom. The third-order valence-electron chi connectivity index (χ3n) is 2.97. The number of aliphatic carboxylic acids is 1. The Bertz CT molecular complexity index is 284. The summed E-state index contributed by atoms with van der Waals surface area (Å²) in [5.74, 6) is -0.808. The second-order valence-electron chi connectivity index (χ2n) is 4.94. The van der Waals surface area contributed by atoms with Gasteiger partial charge in [0.05, 0.1) is 0 Å². The van der Waals surface area contributed by atoms with Crippen LogP contribution in [-0.2, 0) is 4.79 Å². The molecule has 1 aliphatic rings. The van der Waals surface area contributed by atoms with Crippen LogP contribution in [0.1, 0.15) is 46.0 Å². The van der Waals surface area contributed by atoms with Crippen molar-refractivity contribution in [3.05, 3.63) is 0 Å². The van der Waals surface area contributed by atoms with Crippen molar-refractivity contribution in [1.82, 2.24) is 4.90 Å².